The second-order valence-electron chi connectivity index (χ2n) is 10.8. The summed E-state index contributed by atoms with van der Waals surface area (Å²) < 4.78 is 97.6. The van der Waals surface area contributed by atoms with Crippen molar-refractivity contribution >= 4 is 23.8 Å². The lowest BCUT2D eigenvalue weighted by Crippen LogP contribution is -2.60. The fourth-order valence-electron chi connectivity index (χ4n) is 6.06. The number of benzene rings is 2. The molecule has 5 rings (SSSR count). The van der Waals surface area contributed by atoms with E-state index in [1.54, 1.807) is 0 Å². The molecule has 8 nitrogen and oxygen atoms in total. The summed E-state index contributed by atoms with van der Waals surface area (Å²) >= 11 is 0. The molecule has 0 radical (unpaired) electrons. The van der Waals surface area contributed by atoms with E-state index in [1.165, 1.54) is 30.1 Å². The molecule has 5 amide bonds. The highest BCUT2D eigenvalue weighted by molar-refractivity contribution is 6.08. The highest BCUT2D eigenvalue weighted by Crippen LogP contribution is 2.40. The number of amides is 5. The van der Waals surface area contributed by atoms with Gasteiger partial charge in [0, 0.05) is 49.0 Å². The molecule has 42 heavy (non-hydrogen) atoms. The van der Waals surface area contributed by atoms with Gasteiger partial charge in [-0.05, 0) is 36.6 Å². The molecular formula is C27H23F7N4O4. The summed E-state index contributed by atoms with van der Waals surface area (Å²) in [6.07, 6.45) is -5.35. The molecule has 3 aliphatic rings. The molecule has 1 spiro atoms. The first-order valence-corrected chi connectivity index (χ1v) is 12.8. The summed E-state index contributed by atoms with van der Waals surface area (Å²) in [5.74, 6) is -11.5. The molecule has 0 saturated carbocycles. The van der Waals surface area contributed by atoms with Crippen LogP contribution in [0.5, 0.6) is 0 Å². The molecule has 2 fully saturated rings. The lowest BCUT2D eigenvalue weighted by atomic mass is 9.81. The van der Waals surface area contributed by atoms with Gasteiger partial charge < -0.3 is 15.1 Å². The molecule has 2 aromatic carbocycles. The summed E-state index contributed by atoms with van der Waals surface area (Å²) in [6, 6.07) is 0.378. The number of nitrogens with zero attached hydrogens (tertiary/aromatic N) is 2. The van der Waals surface area contributed by atoms with E-state index in [2.05, 4.69) is 10.6 Å². The van der Waals surface area contributed by atoms with E-state index in [0.29, 0.717) is 11.1 Å². The molecule has 2 heterocycles. The first-order valence-electron chi connectivity index (χ1n) is 12.8. The summed E-state index contributed by atoms with van der Waals surface area (Å²) in [7, 11) is 1.45. The van der Waals surface area contributed by atoms with Crippen LogP contribution in [0, 0.1) is 23.3 Å². The molecule has 2 N–H and O–H groups in total. The average Bonchev–Trinajstić information content (AvgIpc) is 3.39. The summed E-state index contributed by atoms with van der Waals surface area (Å²) in [6.45, 7) is -0.780. The van der Waals surface area contributed by atoms with Crippen molar-refractivity contribution in [3.8, 4) is 0 Å². The van der Waals surface area contributed by atoms with Gasteiger partial charge in [-0.15, -0.1) is 0 Å². The molecule has 2 aliphatic heterocycles. The second kappa shape index (κ2) is 9.98. The number of likely N-dealkylation sites (tertiary alicyclic amines) is 1. The summed E-state index contributed by atoms with van der Waals surface area (Å²) in [4.78, 5) is 52.4. The van der Waals surface area contributed by atoms with E-state index in [9.17, 15) is 49.9 Å². The molecular weight excluding hydrogens is 577 g/mol. The van der Waals surface area contributed by atoms with Crippen molar-refractivity contribution in [2.75, 3.05) is 13.6 Å². The van der Waals surface area contributed by atoms with Crippen LogP contribution in [-0.2, 0) is 22.4 Å². The number of halogens is 7. The van der Waals surface area contributed by atoms with Gasteiger partial charge >= 0.3 is 12.2 Å². The van der Waals surface area contributed by atoms with Crippen LogP contribution in [0.15, 0.2) is 24.3 Å². The van der Waals surface area contributed by atoms with Crippen molar-refractivity contribution in [1.29, 1.82) is 0 Å². The van der Waals surface area contributed by atoms with Crippen LogP contribution < -0.4 is 10.6 Å². The number of hydrogen-bond donors (Lipinski definition) is 2. The maximum Gasteiger partial charge on any atom is 0.406 e. The Kier molecular flexibility index (Phi) is 6.97. The number of rotatable bonds is 4. The van der Waals surface area contributed by atoms with E-state index in [-0.39, 0.29) is 29.4 Å². The third kappa shape index (κ3) is 4.73. The van der Waals surface area contributed by atoms with Crippen LogP contribution in [0.3, 0.4) is 0 Å². The van der Waals surface area contributed by atoms with Gasteiger partial charge in [0.1, 0.15) is 18.1 Å². The van der Waals surface area contributed by atoms with E-state index < -0.39 is 95.3 Å². The molecule has 2 saturated heterocycles. The van der Waals surface area contributed by atoms with Crippen LogP contribution >= 0.6 is 0 Å². The van der Waals surface area contributed by atoms with Crippen LogP contribution in [0.1, 0.15) is 46.3 Å². The van der Waals surface area contributed by atoms with Crippen molar-refractivity contribution in [2.24, 2.45) is 0 Å². The molecule has 0 bridgehead atoms. The van der Waals surface area contributed by atoms with E-state index >= 15 is 0 Å². The Balaban J connectivity index is 1.44. The normalized spacial score (nSPS) is 25.7. The number of alkyl halides is 3. The predicted molar refractivity (Wildman–Crippen MR) is 130 cm³/mol. The van der Waals surface area contributed by atoms with Crippen molar-refractivity contribution in [3.05, 3.63) is 69.8 Å². The van der Waals surface area contributed by atoms with Gasteiger partial charge in [-0.1, -0.05) is 6.07 Å². The number of nitrogens with one attached hydrogen (secondary N) is 2. The fourth-order valence-corrected chi connectivity index (χ4v) is 6.06. The number of carbonyl (C=O) groups is 4. The van der Waals surface area contributed by atoms with E-state index in [0.717, 1.165) is 6.92 Å². The third-order valence-corrected chi connectivity index (χ3v) is 8.34. The minimum absolute atomic E-state index is 0.0413. The molecule has 224 valence electrons. The van der Waals surface area contributed by atoms with Gasteiger partial charge in [0.25, 0.3) is 11.8 Å². The number of imide groups is 1. The smallest absolute Gasteiger partial charge is 0.340 e. The Hall–Kier alpha value is -4.17. The summed E-state index contributed by atoms with van der Waals surface area (Å²) in [5.41, 5.74) is -1.20. The second-order valence-corrected chi connectivity index (χ2v) is 10.8. The minimum atomic E-state index is -4.94. The van der Waals surface area contributed by atoms with Crippen molar-refractivity contribution in [1.82, 2.24) is 20.4 Å². The number of piperidine rings is 1. The lowest BCUT2D eigenvalue weighted by Gasteiger charge is -2.43. The monoisotopic (exact) mass is 600 g/mol. The van der Waals surface area contributed by atoms with Gasteiger partial charge in [0.05, 0.1) is 0 Å². The minimum Gasteiger partial charge on any atom is -0.340 e. The summed E-state index contributed by atoms with van der Waals surface area (Å²) in [5, 5.41) is 4.53. The largest absolute Gasteiger partial charge is 0.406 e. The van der Waals surface area contributed by atoms with Crippen molar-refractivity contribution < 1.29 is 49.9 Å². The highest BCUT2D eigenvalue weighted by Gasteiger charge is 2.54. The quantitative estimate of drug-likeness (QED) is 0.320. The first-order chi connectivity index (χ1) is 19.5. The molecule has 1 aliphatic carbocycles. The first kappa shape index (κ1) is 29.3. The molecule has 2 aromatic rings. The fraction of sp³-hybridized carbons (Fsp3) is 0.407. The SMILES string of the molecule is C[C@@H]1[C@H](c2c(F)c(F)cc(F)c2F)C[C@H](NC(=O)c2ccc3c(c2)C[C@@]2(C3)C(=O)NC(=O)N2C)C(=O)N1CC(F)(F)F. The van der Waals surface area contributed by atoms with Gasteiger partial charge in [0.2, 0.25) is 5.91 Å². The highest BCUT2D eigenvalue weighted by atomic mass is 19.4. The Morgan fingerprint density at radius 1 is 1.02 bits per heavy atom. The zero-order valence-corrected chi connectivity index (χ0v) is 22.0. The van der Waals surface area contributed by atoms with Gasteiger partial charge in [0.15, 0.2) is 23.3 Å². The standard InChI is InChI=1S/C27H23F7N4O4/c1-11-15(19-20(30)16(28)7-17(29)21(19)31)6-18(23(40)38(11)10-27(32,33)34)35-22(39)12-3-4-13-8-26(9-14(13)5-12)24(41)36-25(42)37(26)2/h3-5,7,11,15,18H,6,8-10H2,1-2H3,(H,35,39)(H,36,41,42)/t11-,15-,18+,26+/m1/s1. The average molecular weight is 600 g/mol. The van der Waals surface area contributed by atoms with Crippen LogP contribution in [0.4, 0.5) is 35.5 Å². The predicted octanol–water partition coefficient (Wildman–Crippen LogP) is 3.33. The Bertz CT molecular complexity index is 1500. The van der Waals surface area contributed by atoms with Crippen LogP contribution in [-0.4, -0.2) is 70.9 Å². The number of urea groups is 1. The van der Waals surface area contributed by atoms with E-state index in [1.807, 2.05) is 0 Å². The number of likely N-dealkylation sites (N-methyl/N-ethyl adjacent to an activating group) is 1. The number of carbonyl (C=O) groups excluding carboxylic acids is 4. The molecule has 0 unspecified atom stereocenters. The zero-order chi connectivity index (χ0) is 30.9. The molecule has 15 heteroatoms. The van der Waals surface area contributed by atoms with Gasteiger partial charge in [-0.3, -0.25) is 19.7 Å². The van der Waals surface area contributed by atoms with Gasteiger partial charge in [-0.25, -0.2) is 22.4 Å². The lowest BCUT2D eigenvalue weighted by molar-refractivity contribution is -0.170. The zero-order valence-electron chi connectivity index (χ0n) is 22.0. The van der Waals surface area contributed by atoms with Gasteiger partial charge in [-0.2, -0.15) is 13.2 Å². The number of hydrogen-bond acceptors (Lipinski definition) is 4. The molecule has 0 aromatic heterocycles. The number of fused-ring (bicyclic) bond motifs is 1. The van der Waals surface area contributed by atoms with Crippen LogP contribution in [0.25, 0.3) is 0 Å². The Labute approximate surface area is 233 Å². The maximum atomic E-state index is 14.7. The Morgan fingerprint density at radius 2 is 1.64 bits per heavy atom. The van der Waals surface area contributed by atoms with E-state index in [4.69, 9.17) is 0 Å². The Morgan fingerprint density at radius 3 is 2.21 bits per heavy atom. The van der Waals surface area contributed by atoms with Crippen molar-refractivity contribution in [2.45, 2.75) is 55.9 Å². The third-order valence-electron chi connectivity index (χ3n) is 8.34. The molecule has 4 atom stereocenters. The topological polar surface area (TPSA) is 98.8 Å². The maximum absolute atomic E-state index is 14.7. The van der Waals surface area contributed by atoms with Crippen LogP contribution in [0.2, 0.25) is 0 Å². The van der Waals surface area contributed by atoms with Crippen molar-refractivity contribution in [3.63, 3.8) is 0 Å².